The van der Waals surface area contributed by atoms with Crippen molar-refractivity contribution in [3.05, 3.63) is 144 Å². The van der Waals surface area contributed by atoms with E-state index < -0.39 is 0 Å². The smallest absolute Gasteiger partial charge is 0.00616 e. The van der Waals surface area contributed by atoms with E-state index in [0.717, 1.165) is 0 Å². The normalized spacial score (nSPS) is 11.8. The van der Waals surface area contributed by atoms with Gasteiger partial charge < -0.3 is 0 Å². The Labute approximate surface area is 261 Å². The second kappa shape index (κ2) is 11.1. The van der Waals surface area contributed by atoms with Crippen molar-refractivity contribution in [2.75, 3.05) is 0 Å². The Hall–Kier alpha value is -4.68. The molecule has 8 aromatic carbocycles. The van der Waals surface area contributed by atoms with E-state index in [9.17, 15) is 0 Å². The average Bonchev–Trinajstić information content (AvgIpc) is 3.04. The van der Waals surface area contributed by atoms with Gasteiger partial charge in [0.25, 0.3) is 0 Å². The molecule has 0 heteroatoms. The molecule has 0 amide bonds. The van der Waals surface area contributed by atoms with Gasteiger partial charge in [0.2, 0.25) is 0 Å². The fraction of sp³-hybridized carbons (Fsp3) is 0.182. The molecule has 0 atom stereocenters. The van der Waals surface area contributed by atoms with Crippen molar-refractivity contribution in [3.8, 4) is 0 Å². The van der Waals surface area contributed by atoms with Crippen LogP contribution < -0.4 is 0 Å². The highest BCUT2D eigenvalue weighted by molar-refractivity contribution is 6.27. The van der Waals surface area contributed by atoms with Gasteiger partial charge in [-0.15, -0.1) is 0 Å². The predicted molar refractivity (Wildman–Crippen MR) is 196 cm³/mol. The third kappa shape index (κ3) is 4.52. The monoisotopic (exact) mass is 568 g/mol. The maximum absolute atomic E-state index is 2.41. The standard InChI is InChI=1S/2C22H20/c1-14(2)20-13-22-19-11-7-5-9-17(19)16-8-4-6-10-18(16)21(22)12-15(20)3;1-14(2)21-15(3)12-13-20-18-10-5-4-8-16(18)17-9-6-7-11-19(17)22(20)21/h2*4-14H,1-3H3. The summed E-state index contributed by atoms with van der Waals surface area (Å²) in [5.41, 5.74) is 5.72. The van der Waals surface area contributed by atoms with Crippen LogP contribution in [0, 0.1) is 13.8 Å². The van der Waals surface area contributed by atoms with Crippen LogP contribution in [0.2, 0.25) is 0 Å². The maximum atomic E-state index is 2.41. The summed E-state index contributed by atoms with van der Waals surface area (Å²) < 4.78 is 0. The average molecular weight is 569 g/mol. The molecule has 0 N–H and O–H groups in total. The summed E-state index contributed by atoms with van der Waals surface area (Å²) in [6.45, 7) is 13.6. The van der Waals surface area contributed by atoms with E-state index >= 15 is 0 Å². The number of fused-ring (bicyclic) bond motifs is 12. The van der Waals surface area contributed by atoms with Gasteiger partial charge in [-0.05, 0) is 119 Å². The zero-order valence-electron chi connectivity index (χ0n) is 26.7. The van der Waals surface area contributed by atoms with Gasteiger partial charge in [-0.3, -0.25) is 0 Å². The van der Waals surface area contributed by atoms with Crippen LogP contribution in [0.4, 0.5) is 0 Å². The van der Waals surface area contributed by atoms with Gasteiger partial charge in [0.05, 0.1) is 0 Å². The Morgan fingerprint density at radius 1 is 0.341 bits per heavy atom. The number of aryl methyl sites for hydroxylation is 2. The second-order valence-electron chi connectivity index (χ2n) is 13.0. The van der Waals surface area contributed by atoms with Gasteiger partial charge >= 0.3 is 0 Å². The minimum absolute atomic E-state index is 0.522. The molecule has 0 radical (unpaired) electrons. The molecule has 8 rings (SSSR count). The van der Waals surface area contributed by atoms with Crippen molar-refractivity contribution in [2.24, 2.45) is 0 Å². The van der Waals surface area contributed by atoms with Gasteiger partial charge in [-0.1, -0.05) is 143 Å². The van der Waals surface area contributed by atoms with Crippen LogP contribution in [0.1, 0.15) is 61.8 Å². The van der Waals surface area contributed by atoms with Crippen LogP contribution in [0.25, 0.3) is 64.6 Å². The lowest BCUT2D eigenvalue weighted by molar-refractivity contribution is 0.859. The Bertz CT molecular complexity index is 2260. The molecule has 0 aliphatic carbocycles. The molecule has 44 heavy (non-hydrogen) atoms. The van der Waals surface area contributed by atoms with E-state index in [1.165, 1.54) is 86.9 Å². The highest BCUT2D eigenvalue weighted by atomic mass is 14.2. The molecule has 8 aromatic rings. The highest BCUT2D eigenvalue weighted by Gasteiger charge is 2.15. The topological polar surface area (TPSA) is 0 Å². The Morgan fingerprint density at radius 3 is 1.14 bits per heavy atom. The van der Waals surface area contributed by atoms with Gasteiger partial charge in [0.15, 0.2) is 0 Å². The largest absolute Gasteiger partial charge is 0.0616 e. The quantitative estimate of drug-likeness (QED) is 0.182. The van der Waals surface area contributed by atoms with E-state index in [4.69, 9.17) is 0 Å². The van der Waals surface area contributed by atoms with Crippen molar-refractivity contribution >= 4 is 64.6 Å². The molecule has 0 aromatic heterocycles. The Balaban J connectivity index is 0.000000142. The fourth-order valence-corrected chi connectivity index (χ4v) is 7.57. The zero-order valence-corrected chi connectivity index (χ0v) is 26.7. The lowest BCUT2D eigenvalue weighted by atomic mass is 9.86. The van der Waals surface area contributed by atoms with Crippen molar-refractivity contribution < 1.29 is 0 Å². The summed E-state index contributed by atoms with van der Waals surface area (Å²) in [4.78, 5) is 0. The molecule has 0 aliphatic heterocycles. The highest BCUT2D eigenvalue weighted by Crippen LogP contribution is 2.40. The Morgan fingerprint density at radius 2 is 0.705 bits per heavy atom. The minimum Gasteiger partial charge on any atom is -0.0616 e. The SMILES string of the molecule is Cc1cc2c3ccccc3c3ccccc3c2cc1C(C)C.Cc1ccc2c3ccccc3c3ccccc3c2c1C(C)C. The number of rotatable bonds is 2. The van der Waals surface area contributed by atoms with Crippen LogP contribution in [0.3, 0.4) is 0 Å². The van der Waals surface area contributed by atoms with E-state index in [2.05, 4.69) is 163 Å². The summed E-state index contributed by atoms with van der Waals surface area (Å²) >= 11 is 0. The van der Waals surface area contributed by atoms with Crippen LogP contribution >= 0.6 is 0 Å². The third-order valence-electron chi connectivity index (χ3n) is 9.50. The summed E-state index contributed by atoms with van der Waals surface area (Å²) in [6, 6.07) is 44.5. The first-order chi connectivity index (χ1) is 21.3. The van der Waals surface area contributed by atoms with Crippen LogP contribution in [0.5, 0.6) is 0 Å². The van der Waals surface area contributed by atoms with E-state index in [1.54, 1.807) is 0 Å². The zero-order chi connectivity index (χ0) is 30.5. The number of hydrogen-bond acceptors (Lipinski definition) is 0. The van der Waals surface area contributed by atoms with E-state index in [1.807, 2.05) is 0 Å². The van der Waals surface area contributed by atoms with Gasteiger partial charge in [0.1, 0.15) is 0 Å². The molecule has 0 unspecified atom stereocenters. The lowest BCUT2D eigenvalue weighted by Gasteiger charge is -2.18. The second-order valence-corrected chi connectivity index (χ2v) is 13.0. The third-order valence-corrected chi connectivity index (χ3v) is 9.50. The fourth-order valence-electron chi connectivity index (χ4n) is 7.57. The molecule has 216 valence electrons. The van der Waals surface area contributed by atoms with Crippen molar-refractivity contribution in [2.45, 2.75) is 53.4 Å². The van der Waals surface area contributed by atoms with Crippen LogP contribution in [-0.2, 0) is 0 Å². The molecule has 0 fully saturated rings. The van der Waals surface area contributed by atoms with Crippen LogP contribution in [0.15, 0.2) is 121 Å². The first-order valence-electron chi connectivity index (χ1n) is 16.0. The van der Waals surface area contributed by atoms with Crippen LogP contribution in [-0.4, -0.2) is 0 Å². The molecule has 0 saturated heterocycles. The summed E-state index contributed by atoms with van der Waals surface area (Å²) in [7, 11) is 0. The summed E-state index contributed by atoms with van der Waals surface area (Å²) in [6.07, 6.45) is 0. The molecule has 0 heterocycles. The molecule has 0 saturated carbocycles. The first-order valence-corrected chi connectivity index (χ1v) is 16.0. The lowest BCUT2D eigenvalue weighted by Crippen LogP contribution is -1.95. The molecule has 0 spiro atoms. The molecular weight excluding hydrogens is 528 g/mol. The van der Waals surface area contributed by atoms with Gasteiger partial charge in [0, 0.05) is 0 Å². The van der Waals surface area contributed by atoms with E-state index in [-0.39, 0.29) is 0 Å². The predicted octanol–water partition coefficient (Wildman–Crippen LogP) is 13.2. The molecule has 0 aliphatic rings. The van der Waals surface area contributed by atoms with E-state index in [0.29, 0.717) is 11.8 Å². The van der Waals surface area contributed by atoms with Gasteiger partial charge in [-0.25, -0.2) is 0 Å². The maximum Gasteiger partial charge on any atom is -0.00616 e. The number of benzene rings is 8. The molecule has 0 bridgehead atoms. The summed E-state index contributed by atoms with van der Waals surface area (Å²) in [5, 5.41) is 16.4. The van der Waals surface area contributed by atoms with Crippen molar-refractivity contribution in [3.63, 3.8) is 0 Å². The summed E-state index contributed by atoms with van der Waals surface area (Å²) in [5.74, 6) is 1.07. The van der Waals surface area contributed by atoms with Crippen molar-refractivity contribution in [1.29, 1.82) is 0 Å². The first kappa shape index (κ1) is 28.1. The molecule has 0 nitrogen and oxygen atoms in total. The number of hydrogen-bond donors (Lipinski definition) is 0. The van der Waals surface area contributed by atoms with Gasteiger partial charge in [-0.2, -0.15) is 0 Å². The van der Waals surface area contributed by atoms with Crippen molar-refractivity contribution in [1.82, 2.24) is 0 Å². The minimum atomic E-state index is 0.522. The Kier molecular flexibility index (Phi) is 7.10. The molecular formula is C44H40.